The van der Waals surface area contributed by atoms with Gasteiger partial charge in [0, 0.05) is 0 Å². The SMILES string of the molecule is Cc1ccc([C@@H](C)NC(=O)C2CC(C)CCN2)cc1. The first kappa shape index (κ1) is 14.1. The van der Waals surface area contributed by atoms with Gasteiger partial charge in [-0.1, -0.05) is 36.8 Å². The Kier molecular flexibility index (Phi) is 4.59. The fraction of sp³-hybridized carbons (Fsp3) is 0.562. The molecule has 1 amide bonds. The molecule has 0 aliphatic carbocycles. The summed E-state index contributed by atoms with van der Waals surface area (Å²) in [6.45, 7) is 7.26. The highest BCUT2D eigenvalue weighted by Gasteiger charge is 2.25. The van der Waals surface area contributed by atoms with Crippen LogP contribution in [0.15, 0.2) is 24.3 Å². The molecule has 0 saturated carbocycles. The number of rotatable bonds is 3. The summed E-state index contributed by atoms with van der Waals surface area (Å²) in [5.41, 5.74) is 2.40. The molecule has 1 aliphatic heterocycles. The number of piperidine rings is 1. The van der Waals surface area contributed by atoms with Crippen LogP contribution >= 0.6 is 0 Å². The Balaban J connectivity index is 1.92. The first-order valence-electron chi connectivity index (χ1n) is 7.16. The van der Waals surface area contributed by atoms with Crippen LogP contribution in [-0.2, 0) is 4.79 Å². The zero-order valence-corrected chi connectivity index (χ0v) is 12.1. The minimum Gasteiger partial charge on any atom is -0.348 e. The highest BCUT2D eigenvalue weighted by Crippen LogP contribution is 2.17. The quantitative estimate of drug-likeness (QED) is 0.877. The lowest BCUT2D eigenvalue weighted by Crippen LogP contribution is -2.48. The van der Waals surface area contributed by atoms with Crippen LogP contribution in [0.1, 0.15) is 43.9 Å². The smallest absolute Gasteiger partial charge is 0.237 e. The summed E-state index contributed by atoms with van der Waals surface area (Å²) in [4.78, 5) is 12.2. The number of benzene rings is 1. The van der Waals surface area contributed by atoms with Crippen LogP contribution in [-0.4, -0.2) is 18.5 Å². The average Bonchev–Trinajstić information content (AvgIpc) is 2.39. The fourth-order valence-electron chi connectivity index (χ4n) is 2.56. The van der Waals surface area contributed by atoms with Crippen LogP contribution in [0.5, 0.6) is 0 Å². The molecule has 1 saturated heterocycles. The second-order valence-corrected chi connectivity index (χ2v) is 5.78. The largest absolute Gasteiger partial charge is 0.348 e. The third-order valence-corrected chi connectivity index (χ3v) is 3.92. The maximum absolute atomic E-state index is 12.2. The molecule has 3 heteroatoms. The zero-order chi connectivity index (χ0) is 13.8. The highest BCUT2D eigenvalue weighted by molar-refractivity contribution is 5.82. The molecular weight excluding hydrogens is 236 g/mol. The van der Waals surface area contributed by atoms with E-state index in [4.69, 9.17) is 0 Å². The number of nitrogens with one attached hydrogen (secondary N) is 2. The third-order valence-electron chi connectivity index (χ3n) is 3.92. The fourth-order valence-corrected chi connectivity index (χ4v) is 2.56. The number of hydrogen-bond donors (Lipinski definition) is 2. The van der Waals surface area contributed by atoms with Crippen molar-refractivity contribution < 1.29 is 4.79 Å². The van der Waals surface area contributed by atoms with Gasteiger partial charge in [0.05, 0.1) is 12.1 Å². The number of carbonyl (C=O) groups is 1. The maximum atomic E-state index is 12.2. The molecule has 2 unspecified atom stereocenters. The van der Waals surface area contributed by atoms with Crippen molar-refractivity contribution in [2.24, 2.45) is 5.92 Å². The topological polar surface area (TPSA) is 41.1 Å². The molecule has 1 heterocycles. The number of hydrogen-bond acceptors (Lipinski definition) is 2. The van der Waals surface area contributed by atoms with Crippen LogP contribution in [0.4, 0.5) is 0 Å². The van der Waals surface area contributed by atoms with Gasteiger partial charge >= 0.3 is 0 Å². The predicted molar refractivity (Wildman–Crippen MR) is 77.9 cm³/mol. The van der Waals surface area contributed by atoms with E-state index in [0.717, 1.165) is 24.9 Å². The Labute approximate surface area is 115 Å². The monoisotopic (exact) mass is 260 g/mol. The molecule has 3 nitrogen and oxygen atoms in total. The van der Waals surface area contributed by atoms with Crippen LogP contribution in [0.3, 0.4) is 0 Å². The van der Waals surface area contributed by atoms with Crippen molar-refractivity contribution in [2.75, 3.05) is 6.54 Å². The van der Waals surface area contributed by atoms with Crippen molar-refractivity contribution in [1.82, 2.24) is 10.6 Å². The van der Waals surface area contributed by atoms with E-state index in [0.29, 0.717) is 5.92 Å². The van der Waals surface area contributed by atoms with Crippen molar-refractivity contribution in [1.29, 1.82) is 0 Å². The van der Waals surface area contributed by atoms with E-state index in [9.17, 15) is 4.79 Å². The van der Waals surface area contributed by atoms with E-state index >= 15 is 0 Å². The lowest BCUT2D eigenvalue weighted by molar-refractivity contribution is -0.124. The normalized spacial score (nSPS) is 24.8. The summed E-state index contributed by atoms with van der Waals surface area (Å²) >= 11 is 0. The van der Waals surface area contributed by atoms with Crippen molar-refractivity contribution in [3.05, 3.63) is 35.4 Å². The molecule has 2 N–H and O–H groups in total. The zero-order valence-electron chi connectivity index (χ0n) is 12.1. The van der Waals surface area contributed by atoms with Gasteiger partial charge in [0.1, 0.15) is 0 Å². The molecule has 0 radical (unpaired) electrons. The molecule has 2 rings (SSSR count). The van der Waals surface area contributed by atoms with Gasteiger partial charge in [-0.3, -0.25) is 4.79 Å². The summed E-state index contributed by atoms with van der Waals surface area (Å²) in [5.74, 6) is 0.756. The standard InChI is InChI=1S/C16H24N2O/c1-11-4-6-14(7-5-11)13(3)18-16(19)15-10-12(2)8-9-17-15/h4-7,12-13,15,17H,8-10H2,1-3H3,(H,18,19)/t12?,13-,15?/m1/s1. The van der Waals surface area contributed by atoms with Crippen LogP contribution in [0, 0.1) is 12.8 Å². The summed E-state index contributed by atoms with van der Waals surface area (Å²) in [6, 6.07) is 8.36. The minimum atomic E-state index is -0.0309. The van der Waals surface area contributed by atoms with Crippen LogP contribution in [0.25, 0.3) is 0 Å². The van der Waals surface area contributed by atoms with Gasteiger partial charge < -0.3 is 10.6 Å². The van der Waals surface area contributed by atoms with E-state index in [2.05, 4.69) is 48.7 Å². The van der Waals surface area contributed by atoms with Crippen molar-refractivity contribution in [3.63, 3.8) is 0 Å². The Morgan fingerprint density at radius 2 is 2.05 bits per heavy atom. The molecule has 104 valence electrons. The molecule has 1 aliphatic rings. The van der Waals surface area contributed by atoms with Gasteiger partial charge in [0.15, 0.2) is 0 Å². The van der Waals surface area contributed by atoms with E-state index < -0.39 is 0 Å². The van der Waals surface area contributed by atoms with E-state index in [1.807, 2.05) is 6.92 Å². The number of amides is 1. The van der Waals surface area contributed by atoms with Gasteiger partial charge in [-0.05, 0) is 44.7 Å². The summed E-state index contributed by atoms with van der Waals surface area (Å²) in [6.07, 6.45) is 2.10. The molecule has 1 aromatic rings. The Morgan fingerprint density at radius 3 is 2.68 bits per heavy atom. The predicted octanol–water partition coefficient (Wildman–Crippen LogP) is 2.56. The van der Waals surface area contributed by atoms with E-state index in [-0.39, 0.29) is 18.0 Å². The van der Waals surface area contributed by atoms with Gasteiger partial charge in [-0.25, -0.2) is 0 Å². The molecule has 0 aromatic heterocycles. The lowest BCUT2D eigenvalue weighted by atomic mass is 9.93. The van der Waals surface area contributed by atoms with Crippen molar-refractivity contribution in [2.45, 2.75) is 45.7 Å². The summed E-state index contributed by atoms with van der Waals surface area (Å²) in [5, 5.41) is 6.41. The Bertz CT molecular complexity index is 427. The van der Waals surface area contributed by atoms with Crippen LogP contribution < -0.4 is 10.6 Å². The third kappa shape index (κ3) is 3.80. The molecule has 0 spiro atoms. The molecule has 3 atom stereocenters. The maximum Gasteiger partial charge on any atom is 0.237 e. The van der Waals surface area contributed by atoms with Gasteiger partial charge in [0.2, 0.25) is 5.91 Å². The van der Waals surface area contributed by atoms with E-state index in [1.165, 1.54) is 5.56 Å². The molecule has 19 heavy (non-hydrogen) atoms. The Morgan fingerprint density at radius 1 is 1.37 bits per heavy atom. The molecule has 1 fully saturated rings. The molecule has 1 aromatic carbocycles. The first-order chi connectivity index (χ1) is 9.06. The average molecular weight is 260 g/mol. The second kappa shape index (κ2) is 6.20. The molecule has 0 bridgehead atoms. The highest BCUT2D eigenvalue weighted by atomic mass is 16.2. The second-order valence-electron chi connectivity index (χ2n) is 5.78. The number of aryl methyl sites for hydroxylation is 1. The number of carbonyl (C=O) groups excluding carboxylic acids is 1. The van der Waals surface area contributed by atoms with Gasteiger partial charge in [-0.15, -0.1) is 0 Å². The summed E-state index contributed by atoms with van der Waals surface area (Å²) < 4.78 is 0. The lowest BCUT2D eigenvalue weighted by Gasteiger charge is -2.28. The minimum absolute atomic E-state index is 0.0309. The summed E-state index contributed by atoms with van der Waals surface area (Å²) in [7, 11) is 0. The van der Waals surface area contributed by atoms with E-state index in [1.54, 1.807) is 0 Å². The van der Waals surface area contributed by atoms with Crippen molar-refractivity contribution in [3.8, 4) is 0 Å². The van der Waals surface area contributed by atoms with Crippen LogP contribution in [0.2, 0.25) is 0 Å². The molecular formula is C16H24N2O. The van der Waals surface area contributed by atoms with Gasteiger partial charge in [0.25, 0.3) is 0 Å². The Hall–Kier alpha value is -1.35. The van der Waals surface area contributed by atoms with Crippen molar-refractivity contribution >= 4 is 5.91 Å². The first-order valence-corrected chi connectivity index (χ1v) is 7.16. The van der Waals surface area contributed by atoms with Gasteiger partial charge in [-0.2, -0.15) is 0 Å².